The largest absolute Gasteiger partial charge is 0.339 e. The highest BCUT2D eigenvalue weighted by atomic mass is 32.2. The number of rotatable bonds is 11. The first-order chi connectivity index (χ1) is 10.0. The predicted octanol–water partition coefficient (Wildman–Crippen LogP) is 4.06. The van der Waals surface area contributed by atoms with E-state index in [0.717, 1.165) is 43.3 Å². The Kier molecular flexibility index (Phi) is 9.00. The van der Waals surface area contributed by atoms with Gasteiger partial charge in [-0.05, 0) is 31.7 Å². The maximum Gasteiger partial charge on any atom is 0.228 e. The van der Waals surface area contributed by atoms with Crippen LogP contribution in [0.2, 0.25) is 0 Å². The number of nitrogens with one attached hydrogen (secondary N) is 1. The molecule has 0 aromatic carbocycles. The molecule has 2 atom stereocenters. The SMILES string of the molecule is CCCNC(Cc1nc(CSC(C)CC)no1)CC(C)C. The van der Waals surface area contributed by atoms with Crippen LogP contribution >= 0.6 is 11.8 Å². The molecule has 0 bridgehead atoms. The molecule has 0 aliphatic carbocycles. The van der Waals surface area contributed by atoms with Gasteiger partial charge in [0.2, 0.25) is 5.89 Å². The summed E-state index contributed by atoms with van der Waals surface area (Å²) in [5.41, 5.74) is 0. The van der Waals surface area contributed by atoms with Crippen molar-refractivity contribution in [2.24, 2.45) is 5.92 Å². The predicted molar refractivity (Wildman–Crippen MR) is 90.6 cm³/mol. The van der Waals surface area contributed by atoms with E-state index in [9.17, 15) is 0 Å². The van der Waals surface area contributed by atoms with Gasteiger partial charge in [0.05, 0.1) is 5.75 Å². The first kappa shape index (κ1) is 18.5. The van der Waals surface area contributed by atoms with Gasteiger partial charge in [-0.25, -0.2) is 0 Å². The second kappa shape index (κ2) is 10.2. The van der Waals surface area contributed by atoms with Crippen LogP contribution < -0.4 is 5.32 Å². The molecule has 1 aromatic heterocycles. The molecule has 1 aromatic rings. The van der Waals surface area contributed by atoms with Crippen molar-refractivity contribution in [1.82, 2.24) is 15.5 Å². The summed E-state index contributed by atoms with van der Waals surface area (Å²) in [6, 6.07) is 0.431. The minimum atomic E-state index is 0.431. The van der Waals surface area contributed by atoms with Crippen LogP contribution in [0.1, 0.15) is 65.6 Å². The van der Waals surface area contributed by atoms with Gasteiger partial charge >= 0.3 is 0 Å². The van der Waals surface area contributed by atoms with Gasteiger partial charge in [-0.1, -0.05) is 39.8 Å². The second-order valence-electron chi connectivity index (χ2n) is 6.12. The highest BCUT2D eigenvalue weighted by molar-refractivity contribution is 7.99. The van der Waals surface area contributed by atoms with Crippen LogP contribution in [-0.4, -0.2) is 28.0 Å². The topological polar surface area (TPSA) is 51.0 Å². The molecule has 122 valence electrons. The average molecular weight is 314 g/mol. The average Bonchev–Trinajstić information content (AvgIpc) is 2.89. The molecule has 4 nitrogen and oxygen atoms in total. The van der Waals surface area contributed by atoms with E-state index in [-0.39, 0.29) is 0 Å². The van der Waals surface area contributed by atoms with Gasteiger partial charge in [-0.3, -0.25) is 0 Å². The van der Waals surface area contributed by atoms with E-state index in [4.69, 9.17) is 4.52 Å². The van der Waals surface area contributed by atoms with Gasteiger partial charge in [0, 0.05) is 17.7 Å². The maximum atomic E-state index is 5.41. The molecule has 2 unspecified atom stereocenters. The van der Waals surface area contributed by atoms with Gasteiger partial charge in [0.1, 0.15) is 0 Å². The highest BCUT2D eigenvalue weighted by Crippen LogP contribution is 2.18. The summed E-state index contributed by atoms with van der Waals surface area (Å²) < 4.78 is 5.41. The van der Waals surface area contributed by atoms with Crippen LogP contribution in [0.5, 0.6) is 0 Å². The lowest BCUT2D eigenvalue weighted by atomic mass is 10.0. The number of hydrogen-bond donors (Lipinski definition) is 1. The van der Waals surface area contributed by atoms with Crippen LogP contribution in [0.15, 0.2) is 4.52 Å². The Balaban J connectivity index is 2.49. The highest BCUT2D eigenvalue weighted by Gasteiger charge is 2.16. The lowest BCUT2D eigenvalue weighted by Gasteiger charge is -2.18. The molecule has 5 heteroatoms. The molecule has 0 fully saturated rings. The fourth-order valence-electron chi connectivity index (χ4n) is 2.13. The van der Waals surface area contributed by atoms with E-state index in [0.29, 0.717) is 17.2 Å². The zero-order valence-corrected chi connectivity index (χ0v) is 15.0. The summed E-state index contributed by atoms with van der Waals surface area (Å²) in [6.07, 6.45) is 4.29. The van der Waals surface area contributed by atoms with Gasteiger partial charge in [-0.15, -0.1) is 0 Å². The fourth-order valence-corrected chi connectivity index (χ4v) is 2.92. The van der Waals surface area contributed by atoms with Crippen molar-refractivity contribution >= 4 is 11.8 Å². The monoisotopic (exact) mass is 313 g/mol. The summed E-state index contributed by atoms with van der Waals surface area (Å²) in [6.45, 7) is 12.2. The molecule has 0 saturated carbocycles. The third kappa shape index (κ3) is 7.86. The lowest BCUT2D eigenvalue weighted by molar-refractivity contribution is 0.336. The smallest absolute Gasteiger partial charge is 0.228 e. The summed E-state index contributed by atoms with van der Waals surface area (Å²) in [5, 5.41) is 8.33. The van der Waals surface area contributed by atoms with E-state index in [1.807, 2.05) is 11.8 Å². The summed E-state index contributed by atoms with van der Waals surface area (Å²) >= 11 is 1.89. The summed E-state index contributed by atoms with van der Waals surface area (Å²) in [5.74, 6) is 3.11. The zero-order chi connectivity index (χ0) is 15.7. The number of hydrogen-bond acceptors (Lipinski definition) is 5. The van der Waals surface area contributed by atoms with Crippen molar-refractivity contribution in [1.29, 1.82) is 0 Å². The van der Waals surface area contributed by atoms with Crippen molar-refractivity contribution < 1.29 is 4.52 Å². The van der Waals surface area contributed by atoms with E-state index < -0.39 is 0 Å². The molecule has 0 radical (unpaired) electrons. The fraction of sp³-hybridized carbons (Fsp3) is 0.875. The van der Waals surface area contributed by atoms with Crippen molar-refractivity contribution in [3.63, 3.8) is 0 Å². The number of aromatic nitrogens is 2. The molecule has 0 aliphatic heterocycles. The van der Waals surface area contributed by atoms with E-state index >= 15 is 0 Å². The minimum Gasteiger partial charge on any atom is -0.339 e. The molecule has 0 saturated heterocycles. The molecule has 1 rings (SSSR count). The van der Waals surface area contributed by atoms with Crippen LogP contribution in [0.4, 0.5) is 0 Å². The summed E-state index contributed by atoms with van der Waals surface area (Å²) in [7, 11) is 0. The van der Waals surface area contributed by atoms with Crippen LogP contribution in [0.25, 0.3) is 0 Å². The Morgan fingerprint density at radius 1 is 1.24 bits per heavy atom. The first-order valence-electron chi connectivity index (χ1n) is 8.21. The van der Waals surface area contributed by atoms with E-state index in [1.165, 1.54) is 6.42 Å². The molecule has 0 spiro atoms. The van der Waals surface area contributed by atoms with E-state index in [2.05, 4.69) is 50.1 Å². The zero-order valence-electron chi connectivity index (χ0n) is 14.2. The molecule has 0 amide bonds. The second-order valence-corrected chi connectivity index (χ2v) is 7.55. The molecule has 1 heterocycles. The Morgan fingerprint density at radius 3 is 2.62 bits per heavy atom. The van der Waals surface area contributed by atoms with Gasteiger partial charge in [-0.2, -0.15) is 16.7 Å². The Morgan fingerprint density at radius 2 is 2.00 bits per heavy atom. The normalized spacial score (nSPS) is 14.6. The van der Waals surface area contributed by atoms with Gasteiger partial charge in [0.25, 0.3) is 0 Å². The molecular weight excluding hydrogens is 282 g/mol. The summed E-state index contributed by atoms with van der Waals surface area (Å²) in [4.78, 5) is 4.53. The third-order valence-electron chi connectivity index (χ3n) is 3.44. The minimum absolute atomic E-state index is 0.431. The Hall–Kier alpha value is -0.550. The molecular formula is C16H31N3OS. The van der Waals surface area contributed by atoms with Crippen molar-refractivity contribution in [3.05, 3.63) is 11.7 Å². The van der Waals surface area contributed by atoms with Crippen molar-refractivity contribution in [2.45, 2.75) is 77.3 Å². The maximum absolute atomic E-state index is 5.41. The van der Waals surface area contributed by atoms with Gasteiger partial charge in [0.15, 0.2) is 5.82 Å². The van der Waals surface area contributed by atoms with Crippen LogP contribution in [0, 0.1) is 5.92 Å². The lowest BCUT2D eigenvalue weighted by Crippen LogP contribution is -2.33. The first-order valence-corrected chi connectivity index (χ1v) is 9.26. The van der Waals surface area contributed by atoms with Crippen LogP contribution in [-0.2, 0) is 12.2 Å². The number of thioether (sulfide) groups is 1. The molecule has 0 aliphatic rings. The standard InChI is InChI=1S/C16H31N3OS/c1-6-8-17-14(9-12(3)4)10-16-18-15(19-20-16)11-21-13(5)7-2/h12-14,17H,6-11H2,1-5H3. The number of nitrogens with zero attached hydrogens (tertiary/aromatic N) is 2. The van der Waals surface area contributed by atoms with Crippen molar-refractivity contribution in [3.8, 4) is 0 Å². The van der Waals surface area contributed by atoms with Crippen LogP contribution in [0.3, 0.4) is 0 Å². The Bertz CT molecular complexity index is 381. The Labute approximate surface area is 133 Å². The quantitative estimate of drug-likeness (QED) is 0.667. The van der Waals surface area contributed by atoms with Gasteiger partial charge < -0.3 is 9.84 Å². The molecule has 21 heavy (non-hydrogen) atoms. The van der Waals surface area contributed by atoms with Crippen molar-refractivity contribution in [2.75, 3.05) is 6.54 Å². The van der Waals surface area contributed by atoms with E-state index in [1.54, 1.807) is 0 Å². The third-order valence-corrected chi connectivity index (χ3v) is 4.77. The molecule has 1 N–H and O–H groups in total.